The van der Waals surface area contributed by atoms with E-state index in [4.69, 9.17) is 20.2 Å². The van der Waals surface area contributed by atoms with Gasteiger partial charge in [0.05, 0.1) is 19.7 Å². The molecule has 4 rings (SSSR count). The van der Waals surface area contributed by atoms with Gasteiger partial charge in [-0.05, 0) is 25.8 Å². The Kier molecular flexibility index (Phi) is 4.93. The second-order valence-electron chi connectivity index (χ2n) is 6.99. The molecule has 0 spiro atoms. The predicted octanol–water partition coefficient (Wildman–Crippen LogP) is 2.83. The normalized spacial score (nSPS) is 17.1. The molecule has 3 aromatic rings. The summed E-state index contributed by atoms with van der Waals surface area (Å²) in [5.74, 6) is 3.82. The molecular formula is C20H26N6O2. The lowest BCUT2D eigenvalue weighted by Gasteiger charge is -2.32. The minimum Gasteiger partial charge on any atom is -0.493 e. The van der Waals surface area contributed by atoms with Crippen molar-refractivity contribution in [3.8, 4) is 11.5 Å². The van der Waals surface area contributed by atoms with Gasteiger partial charge in [-0.25, -0.2) is 9.97 Å². The van der Waals surface area contributed by atoms with Gasteiger partial charge in [0.25, 0.3) is 0 Å². The van der Waals surface area contributed by atoms with Gasteiger partial charge in [-0.15, -0.1) is 0 Å². The molecule has 1 fully saturated rings. The first-order chi connectivity index (χ1) is 13.6. The number of aryl methyl sites for hydroxylation is 1. The third kappa shape index (κ3) is 3.19. The number of hydrogen-bond donors (Lipinski definition) is 1. The molecule has 1 aromatic carbocycles. The lowest BCUT2D eigenvalue weighted by Crippen LogP contribution is -2.36. The van der Waals surface area contributed by atoms with Crippen LogP contribution in [0.5, 0.6) is 11.5 Å². The molecule has 0 saturated carbocycles. The Morgan fingerprint density at radius 3 is 2.71 bits per heavy atom. The van der Waals surface area contributed by atoms with E-state index in [1.807, 2.05) is 24.5 Å². The van der Waals surface area contributed by atoms with Crippen LogP contribution in [0.25, 0.3) is 10.9 Å². The fourth-order valence-electron chi connectivity index (χ4n) is 3.93. The Labute approximate surface area is 164 Å². The highest BCUT2D eigenvalue weighted by atomic mass is 16.5. The predicted molar refractivity (Wildman–Crippen MR) is 109 cm³/mol. The summed E-state index contributed by atoms with van der Waals surface area (Å²) in [4.78, 5) is 16.1. The van der Waals surface area contributed by atoms with Gasteiger partial charge < -0.3 is 24.7 Å². The van der Waals surface area contributed by atoms with E-state index in [1.54, 1.807) is 14.2 Å². The van der Waals surface area contributed by atoms with Crippen LogP contribution < -0.4 is 20.1 Å². The van der Waals surface area contributed by atoms with Gasteiger partial charge in [-0.3, -0.25) is 0 Å². The van der Waals surface area contributed by atoms with Crippen molar-refractivity contribution in [2.45, 2.75) is 32.2 Å². The van der Waals surface area contributed by atoms with E-state index in [-0.39, 0.29) is 0 Å². The molecule has 0 unspecified atom stereocenters. The average Bonchev–Trinajstić information content (AvgIpc) is 3.21. The van der Waals surface area contributed by atoms with Crippen LogP contribution in [-0.4, -0.2) is 46.8 Å². The van der Waals surface area contributed by atoms with Gasteiger partial charge in [0, 0.05) is 49.4 Å². The quantitative estimate of drug-likeness (QED) is 0.725. The maximum Gasteiger partial charge on any atom is 0.227 e. The summed E-state index contributed by atoms with van der Waals surface area (Å²) in [6.45, 7) is 4.80. The van der Waals surface area contributed by atoms with Gasteiger partial charge in [-0.2, -0.15) is 4.98 Å². The van der Waals surface area contributed by atoms with Crippen molar-refractivity contribution in [2.24, 2.45) is 0 Å². The molecule has 3 heterocycles. The lowest BCUT2D eigenvalue weighted by atomic mass is 9.97. The highest BCUT2D eigenvalue weighted by Crippen LogP contribution is 2.35. The summed E-state index contributed by atoms with van der Waals surface area (Å²) in [5.41, 5.74) is 7.01. The molecular weight excluding hydrogens is 356 g/mol. The van der Waals surface area contributed by atoms with Crippen molar-refractivity contribution in [1.29, 1.82) is 0 Å². The molecule has 2 N–H and O–H groups in total. The second-order valence-corrected chi connectivity index (χ2v) is 6.99. The fourth-order valence-corrected chi connectivity index (χ4v) is 3.93. The number of benzene rings is 1. The zero-order valence-electron chi connectivity index (χ0n) is 16.6. The third-order valence-electron chi connectivity index (χ3n) is 5.38. The number of methoxy groups -OCH3 is 2. The molecule has 0 aliphatic carbocycles. The van der Waals surface area contributed by atoms with Crippen LogP contribution in [0.2, 0.25) is 0 Å². The van der Waals surface area contributed by atoms with Crippen molar-refractivity contribution in [3.63, 3.8) is 0 Å². The van der Waals surface area contributed by atoms with Crippen molar-refractivity contribution in [3.05, 3.63) is 30.4 Å². The van der Waals surface area contributed by atoms with Crippen LogP contribution in [0, 0.1) is 0 Å². The van der Waals surface area contributed by atoms with E-state index in [0.29, 0.717) is 29.2 Å². The number of anilines is 2. The summed E-state index contributed by atoms with van der Waals surface area (Å²) < 4.78 is 13.0. The smallest absolute Gasteiger partial charge is 0.227 e. The molecule has 1 aliphatic rings. The summed E-state index contributed by atoms with van der Waals surface area (Å²) in [6.07, 6.45) is 6.09. The van der Waals surface area contributed by atoms with Gasteiger partial charge >= 0.3 is 0 Å². The highest BCUT2D eigenvalue weighted by molar-refractivity contribution is 5.91. The number of imidazole rings is 1. The molecule has 148 valence electrons. The van der Waals surface area contributed by atoms with E-state index in [2.05, 4.69) is 26.4 Å². The number of hydrogen-bond acceptors (Lipinski definition) is 7. The molecule has 0 amide bonds. The molecule has 8 heteroatoms. The zero-order chi connectivity index (χ0) is 19.7. The van der Waals surface area contributed by atoms with Crippen molar-refractivity contribution < 1.29 is 9.47 Å². The number of fused-ring (bicyclic) bond motifs is 1. The lowest BCUT2D eigenvalue weighted by molar-refractivity contribution is 0.356. The molecule has 8 nitrogen and oxygen atoms in total. The van der Waals surface area contributed by atoms with Crippen LogP contribution in [0.4, 0.5) is 11.8 Å². The third-order valence-corrected chi connectivity index (χ3v) is 5.38. The molecule has 0 bridgehead atoms. The van der Waals surface area contributed by atoms with Crippen molar-refractivity contribution >= 4 is 22.7 Å². The van der Waals surface area contributed by atoms with Gasteiger partial charge in [0.15, 0.2) is 11.5 Å². The average molecular weight is 382 g/mol. The maximum atomic E-state index is 6.26. The van der Waals surface area contributed by atoms with Gasteiger partial charge in [0.2, 0.25) is 5.95 Å². The van der Waals surface area contributed by atoms with Crippen LogP contribution in [-0.2, 0) is 6.54 Å². The van der Waals surface area contributed by atoms with E-state index >= 15 is 0 Å². The van der Waals surface area contributed by atoms with E-state index in [9.17, 15) is 0 Å². The first kappa shape index (κ1) is 18.3. The van der Waals surface area contributed by atoms with Crippen molar-refractivity contribution in [1.82, 2.24) is 19.5 Å². The summed E-state index contributed by atoms with van der Waals surface area (Å²) in [7, 11) is 3.21. The topological polar surface area (TPSA) is 91.3 Å². The minimum absolute atomic E-state index is 0.356. The summed E-state index contributed by atoms with van der Waals surface area (Å²) >= 11 is 0. The Bertz CT molecular complexity index is 986. The number of nitrogen functional groups attached to an aromatic ring is 1. The Morgan fingerprint density at radius 2 is 1.96 bits per heavy atom. The number of rotatable bonds is 5. The standard InChI is InChI=1S/C20H26N6O2/c1-4-25-9-7-22-19(25)13-6-5-8-26(12-13)20-23-15-11-17(28-3)16(27-2)10-14(15)18(21)24-20/h7,9-11,13H,4-6,8,12H2,1-3H3,(H2,21,23,24)/t13-/m0/s1. The Balaban J connectivity index is 1.68. The van der Waals surface area contributed by atoms with Crippen LogP contribution in [0.1, 0.15) is 31.5 Å². The molecule has 0 radical (unpaired) electrons. The molecule has 1 aliphatic heterocycles. The molecule has 2 aromatic heterocycles. The first-order valence-electron chi connectivity index (χ1n) is 9.59. The van der Waals surface area contributed by atoms with Crippen LogP contribution in [0.15, 0.2) is 24.5 Å². The number of nitrogens with zero attached hydrogens (tertiary/aromatic N) is 5. The summed E-state index contributed by atoms with van der Waals surface area (Å²) in [5, 5.41) is 0.761. The number of piperidine rings is 1. The van der Waals surface area contributed by atoms with E-state index in [0.717, 1.165) is 49.2 Å². The maximum absolute atomic E-state index is 6.26. The van der Waals surface area contributed by atoms with Crippen LogP contribution >= 0.6 is 0 Å². The SMILES string of the molecule is CCn1ccnc1[C@H]1CCCN(c2nc(N)c3cc(OC)c(OC)cc3n2)C1. The fraction of sp³-hybridized carbons (Fsp3) is 0.450. The number of aromatic nitrogens is 4. The monoisotopic (exact) mass is 382 g/mol. The van der Waals surface area contributed by atoms with Crippen LogP contribution in [0.3, 0.4) is 0 Å². The minimum atomic E-state index is 0.356. The Morgan fingerprint density at radius 1 is 1.18 bits per heavy atom. The number of nitrogens with two attached hydrogens (primary N) is 1. The highest BCUT2D eigenvalue weighted by Gasteiger charge is 2.26. The van der Waals surface area contributed by atoms with Gasteiger partial charge in [-0.1, -0.05) is 0 Å². The largest absolute Gasteiger partial charge is 0.493 e. The molecule has 1 atom stereocenters. The number of ether oxygens (including phenoxy) is 2. The second kappa shape index (κ2) is 7.53. The Hall–Kier alpha value is -3.03. The van der Waals surface area contributed by atoms with E-state index in [1.165, 1.54) is 0 Å². The van der Waals surface area contributed by atoms with E-state index < -0.39 is 0 Å². The molecule has 28 heavy (non-hydrogen) atoms. The van der Waals surface area contributed by atoms with Crippen molar-refractivity contribution in [2.75, 3.05) is 37.9 Å². The summed E-state index contributed by atoms with van der Waals surface area (Å²) in [6, 6.07) is 3.67. The zero-order valence-corrected chi connectivity index (χ0v) is 16.6. The molecule has 1 saturated heterocycles. The first-order valence-corrected chi connectivity index (χ1v) is 9.59. The van der Waals surface area contributed by atoms with Gasteiger partial charge in [0.1, 0.15) is 11.6 Å².